The molecule has 0 fully saturated rings. The predicted molar refractivity (Wildman–Crippen MR) is 78.0 cm³/mol. The lowest BCUT2D eigenvalue weighted by atomic mass is 10.2. The summed E-state index contributed by atoms with van der Waals surface area (Å²) < 4.78 is 10.7. The molecule has 1 aromatic heterocycles. The molecule has 106 valence electrons. The summed E-state index contributed by atoms with van der Waals surface area (Å²) in [5.41, 5.74) is 0.945. The Balaban J connectivity index is 2.03. The first-order valence-electron chi connectivity index (χ1n) is 6.49. The van der Waals surface area contributed by atoms with Crippen LogP contribution in [0.1, 0.15) is 6.92 Å². The molecule has 0 radical (unpaired) electrons. The van der Waals surface area contributed by atoms with Gasteiger partial charge in [-0.3, -0.25) is 0 Å². The van der Waals surface area contributed by atoms with E-state index in [0.29, 0.717) is 18.2 Å². The number of nitrogens with one attached hydrogen (secondary N) is 1. The molecule has 0 aliphatic rings. The van der Waals surface area contributed by atoms with Crippen LogP contribution >= 0.6 is 0 Å². The van der Waals surface area contributed by atoms with Crippen molar-refractivity contribution in [2.75, 3.05) is 20.8 Å². The third-order valence-corrected chi connectivity index (χ3v) is 2.97. The van der Waals surface area contributed by atoms with Crippen molar-refractivity contribution in [3.8, 4) is 22.9 Å². The molecule has 0 aliphatic heterocycles. The van der Waals surface area contributed by atoms with Crippen LogP contribution in [0.2, 0.25) is 0 Å². The number of ether oxygens (including phenoxy) is 2. The van der Waals surface area contributed by atoms with Crippen LogP contribution in [0.15, 0.2) is 36.7 Å². The minimum Gasteiger partial charge on any atom is -0.497 e. The van der Waals surface area contributed by atoms with E-state index in [-0.39, 0.29) is 6.04 Å². The van der Waals surface area contributed by atoms with Gasteiger partial charge in [-0.25, -0.2) is 9.97 Å². The highest BCUT2D eigenvalue weighted by molar-refractivity contribution is 5.56. The highest BCUT2D eigenvalue weighted by atomic mass is 16.5. The number of likely N-dealkylation sites (N-methyl/N-ethyl adjacent to an activating group) is 1. The minimum atomic E-state index is 0.288. The molecular formula is C15H19N3O2. The number of hydrogen-bond donors (Lipinski definition) is 1. The van der Waals surface area contributed by atoms with Gasteiger partial charge >= 0.3 is 0 Å². The second-order valence-electron chi connectivity index (χ2n) is 4.47. The topological polar surface area (TPSA) is 56.3 Å². The Morgan fingerprint density at radius 3 is 2.30 bits per heavy atom. The smallest absolute Gasteiger partial charge is 0.159 e. The van der Waals surface area contributed by atoms with Gasteiger partial charge in [-0.05, 0) is 38.2 Å². The van der Waals surface area contributed by atoms with E-state index < -0.39 is 0 Å². The van der Waals surface area contributed by atoms with Crippen LogP contribution < -0.4 is 14.8 Å². The number of benzene rings is 1. The maximum atomic E-state index is 5.58. The summed E-state index contributed by atoms with van der Waals surface area (Å²) in [4.78, 5) is 8.62. The van der Waals surface area contributed by atoms with Crippen molar-refractivity contribution in [2.24, 2.45) is 0 Å². The predicted octanol–water partition coefficient (Wildman–Crippen LogP) is 2.14. The highest BCUT2D eigenvalue weighted by Crippen LogP contribution is 2.19. The van der Waals surface area contributed by atoms with Crippen molar-refractivity contribution < 1.29 is 9.47 Å². The summed E-state index contributed by atoms with van der Waals surface area (Å²) in [5.74, 6) is 2.15. The minimum absolute atomic E-state index is 0.288. The Morgan fingerprint density at radius 2 is 1.75 bits per heavy atom. The van der Waals surface area contributed by atoms with Crippen molar-refractivity contribution in [3.63, 3.8) is 0 Å². The third-order valence-electron chi connectivity index (χ3n) is 2.97. The Labute approximate surface area is 119 Å². The van der Waals surface area contributed by atoms with Crippen LogP contribution in [0.25, 0.3) is 11.4 Å². The van der Waals surface area contributed by atoms with E-state index in [0.717, 1.165) is 11.3 Å². The summed E-state index contributed by atoms with van der Waals surface area (Å²) >= 11 is 0. The van der Waals surface area contributed by atoms with Crippen molar-refractivity contribution in [1.82, 2.24) is 15.3 Å². The standard InChI is InChI=1S/C15H19N3O2/c1-11(16-2)10-20-14-8-17-15(18-9-14)12-4-6-13(19-3)7-5-12/h4-9,11,16H,10H2,1-3H3. The lowest BCUT2D eigenvalue weighted by Gasteiger charge is -2.11. The van der Waals surface area contributed by atoms with Gasteiger partial charge in [-0.1, -0.05) is 0 Å². The summed E-state index contributed by atoms with van der Waals surface area (Å²) in [6, 6.07) is 7.92. The highest BCUT2D eigenvalue weighted by Gasteiger charge is 2.04. The van der Waals surface area contributed by atoms with Crippen LogP contribution in [0.4, 0.5) is 0 Å². The van der Waals surface area contributed by atoms with E-state index in [1.807, 2.05) is 38.2 Å². The van der Waals surface area contributed by atoms with E-state index in [1.165, 1.54) is 0 Å². The van der Waals surface area contributed by atoms with Crippen molar-refractivity contribution in [3.05, 3.63) is 36.7 Å². The number of hydrogen-bond acceptors (Lipinski definition) is 5. The quantitative estimate of drug-likeness (QED) is 0.874. The molecule has 0 aliphatic carbocycles. The van der Waals surface area contributed by atoms with Crippen molar-refractivity contribution in [1.29, 1.82) is 0 Å². The summed E-state index contributed by atoms with van der Waals surface area (Å²) in [6.07, 6.45) is 3.38. The largest absolute Gasteiger partial charge is 0.497 e. The van der Waals surface area contributed by atoms with Crippen LogP contribution in [-0.2, 0) is 0 Å². The molecule has 5 nitrogen and oxygen atoms in total. The fraction of sp³-hybridized carbons (Fsp3) is 0.333. The molecule has 0 amide bonds. The number of aromatic nitrogens is 2. The van der Waals surface area contributed by atoms with Gasteiger partial charge in [0, 0.05) is 11.6 Å². The zero-order chi connectivity index (χ0) is 14.4. The summed E-state index contributed by atoms with van der Waals surface area (Å²) in [5, 5.41) is 3.11. The molecule has 0 bridgehead atoms. The molecule has 1 unspecified atom stereocenters. The lowest BCUT2D eigenvalue weighted by molar-refractivity contribution is 0.278. The summed E-state index contributed by atoms with van der Waals surface area (Å²) in [7, 11) is 3.54. The van der Waals surface area contributed by atoms with Crippen LogP contribution in [0, 0.1) is 0 Å². The Kier molecular flexibility index (Phi) is 4.90. The van der Waals surface area contributed by atoms with Crippen molar-refractivity contribution >= 4 is 0 Å². The molecule has 1 heterocycles. The van der Waals surface area contributed by atoms with Gasteiger partial charge in [0.2, 0.25) is 0 Å². The second kappa shape index (κ2) is 6.86. The van der Waals surface area contributed by atoms with Gasteiger partial charge in [0.05, 0.1) is 19.5 Å². The van der Waals surface area contributed by atoms with Crippen LogP contribution in [0.3, 0.4) is 0 Å². The van der Waals surface area contributed by atoms with Gasteiger partial charge < -0.3 is 14.8 Å². The van der Waals surface area contributed by atoms with E-state index in [4.69, 9.17) is 9.47 Å². The Morgan fingerprint density at radius 1 is 1.10 bits per heavy atom. The first kappa shape index (κ1) is 14.3. The molecule has 20 heavy (non-hydrogen) atoms. The van der Waals surface area contributed by atoms with E-state index in [2.05, 4.69) is 15.3 Å². The van der Waals surface area contributed by atoms with Gasteiger partial charge in [0.15, 0.2) is 11.6 Å². The zero-order valence-electron chi connectivity index (χ0n) is 12.0. The lowest BCUT2D eigenvalue weighted by Crippen LogP contribution is -2.28. The normalized spacial score (nSPS) is 11.9. The molecule has 0 spiro atoms. The molecular weight excluding hydrogens is 254 g/mol. The van der Waals surface area contributed by atoms with Crippen LogP contribution in [0.5, 0.6) is 11.5 Å². The molecule has 2 aromatic rings. The first-order chi connectivity index (χ1) is 9.72. The van der Waals surface area contributed by atoms with E-state index in [9.17, 15) is 0 Å². The molecule has 2 rings (SSSR count). The molecule has 1 atom stereocenters. The summed E-state index contributed by atoms with van der Waals surface area (Å²) in [6.45, 7) is 2.63. The maximum absolute atomic E-state index is 5.58. The molecule has 0 saturated heterocycles. The fourth-order valence-corrected chi connectivity index (χ4v) is 1.58. The Bertz CT molecular complexity index is 526. The SMILES string of the molecule is CNC(C)COc1cnc(-c2ccc(OC)cc2)nc1. The Hall–Kier alpha value is -2.14. The van der Waals surface area contributed by atoms with Crippen LogP contribution in [-0.4, -0.2) is 36.8 Å². The monoisotopic (exact) mass is 273 g/mol. The van der Waals surface area contributed by atoms with Gasteiger partial charge in [-0.15, -0.1) is 0 Å². The second-order valence-corrected chi connectivity index (χ2v) is 4.47. The molecule has 1 N–H and O–H groups in total. The zero-order valence-corrected chi connectivity index (χ0v) is 12.0. The maximum Gasteiger partial charge on any atom is 0.159 e. The molecule has 0 saturated carbocycles. The van der Waals surface area contributed by atoms with Crippen molar-refractivity contribution in [2.45, 2.75) is 13.0 Å². The fourth-order valence-electron chi connectivity index (χ4n) is 1.58. The first-order valence-corrected chi connectivity index (χ1v) is 6.49. The van der Waals surface area contributed by atoms with Gasteiger partial charge in [0.1, 0.15) is 12.4 Å². The van der Waals surface area contributed by atoms with E-state index >= 15 is 0 Å². The molecule has 1 aromatic carbocycles. The average molecular weight is 273 g/mol. The number of methoxy groups -OCH3 is 1. The third kappa shape index (κ3) is 3.68. The molecule has 5 heteroatoms. The number of rotatable bonds is 6. The number of nitrogens with zero attached hydrogens (tertiary/aromatic N) is 2. The van der Waals surface area contributed by atoms with Gasteiger partial charge in [0.25, 0.3) is 0 Å². The van der Waals surface area contributed by atoms with E-state index in [1.54, 1.807) is 19.5 Å². The average Bonchev–Trinajstić information content (AvgIpc) is 2.53. The van der Waals surface area contributed by atoms with Gasteiger partial charge in [-0.2, -0.15) is 0 Å².